The quantitative estimate of drug-likeness (QED) is 0.293. The zero-order valence-corrected chi connectivity index (χ0v) is 22.2. The largest absolute Gasteiger partial charge is 0.507 e. The Morgan fingerprint density at radius 1 is 1.11 bits per heavy atom. The second-order valence-electron chi connectivity index (χ2n) is 9.74. The number of likely N-dealkylation sites (N-methyl/N-ethyl adjacent to an activating group) is 1. The third-order valence-electron chi connectivity index (χ3n) is 6.54. The van der Waals surface area contributed by atoms with Crippen LogP contribution in [0.5, 0.6) is 17.2 Å². The molecule has 1 saturated heterocycles. The number of nitrogens with zero attached hydrogens (tertiary/aromatic N) is 2. The molecule has 8 heteroatoms. The lowest BCUT2D eigenvalue weighted by molar-refractivity contribution is -0.140. The van der Waals surface area contributed by atoms with Crippen LogP contribution in [0.4, 0.5) is 0 Å². The minimum Gasteiger partial charge on any atom is -0.507 e. The summed E-state index contributed by atoms with van der Waals surface area (Å²) in [6.45, 7) is 7.76. The van der Waals surface area contributed by atoms with E-state index in [0.717, 1.165) is 17.7 Å². The number of carbonyl (C=O) groups excluding carboxylic acids is 2. The lowest BCUT2D eigenvalue weighted by atomic mass is 9.94. The maximum atomic E-state index is 13.4. The molecule has 1 amide bonds. The Hall–Kier alpha value is -3.52. The van der Waals surface area contributed by atoms with E-state index in [9.17, 15) is 14.7 Å². The van der Waals surface area contributed by atoms with Gasteiger partial charge < -0.3 is 29.1 Å². The lowest BCUT2D eigenvalue weighted by Crippen LogP contribution is -2.35. The molecule has 0 aromatic heterocycles. The van der Waals surface area contributed by atoms with Crippen LogP contribution < -0.4 is 14.2 Å². The van der Waals surface area contributed by atoms with Gasteiger partial charge in [0.05, 0.1) is 24.8 Å². The zero-order chi connectivity index (χ0) is 26.7. The van der Waals surface area contributed by atoms with E-state index in [-0.39, 0.29) is 17.4 Å². The van der Waals surface area contributed by atoms with Gasteiger partial charge in [-0.1, -0.05) is 13.0 Å². The van der Waals surface area contributed by atoms with Crippen LogP contribution in [0.25, 0.3) is 5.76 Å². The van der Waals surface area contributed by atoms with Gasteiger partial charge in [-0.25, -0.2) is 0 Å². The summed E-state index contributed by atoms with van der Waals surface area (Å²) in [7, 11) is 3.82. The highest BCUT2D eigenvalue weighted by atomic mass is 16.5. The number of aliphatic hydroxyl groups excluding tert-OH is 1. The third-order valence-corrected chi connectivity index (χ3v) is 6.54. The molecule has 0 spiro atoms. The molecule has 2 atom stereocenters. The number of fused-ring (bicyclic) bond motifs is 1. The molecule has 198 valence electrons. The van der Waals surface area contributed by atoms with Gasteiger partial charge in [0.2, 0.25) is 0 Å². The van der Waals surface area contributed by atoms with E-state index in [1.54, 1.807) is 24.3 Å². The van der Waals surface area contributed by atoms with Crippen LogP contribution in [-0.4, -0.2) is 73.1 Å². The molecule has 4 rings (SSSR count). The number of ketones is 1. The number of amides is 1. The van der Waals surface area contributed by atoms with Gasteiger partial charge in [-0.3, -0.25) is 9.59 Å². The first kappa shape index (κ1) is 26.5. The van der Waals surface area contributed by atoms with Gasteiger partial charge in [0.1, 0.15) is 17.6 Å². The monoisotopic (exact) mass is 508 g/mol. The van der Waals surface area contributed by atoms with Crippen LogP contribution in [0.15, 0.2) is 42.0 Å². The van der Waals surface area contributed by atoms with Crippen molar-refractivity contribution in [3.63, 3.8) is 0 Å². The number of hydrogen-bond acceptors (Lipinski definition) is 7. The smallest absolute Gasteiger partial charge is 0.295 e. The topological polar surface area (TPSA) is 88.5 Å². The maximum absolute atomic E-state index is 13.4. The standard InChI is InChI=1S/C29H36N2O6/c1-6-14-36-23-11-8-19(17-24(23)35-7-2)26-25(28(33)29(34)31(26)13-12-30(4)5)27(32)20-9-10-22-21(16-20)15-18(3)37-22/h8-11,16-18,26,32H,6-7,12-15H2,1-5H3/t18-,26-/m1/s1. The molecular formula is C29H36N2O6. The van der Waals surface area contributed by atoms with Crippen molar-refractivity contribution in [3.05, 3.63) is 58.7 Å². The first-order chi connectivity index (χ1) is 17.7. The lowest BCUT2D eigenvalue weighted by Gasteiger charge is -2.27. The number of aliphatic hydroxyl groups is 1. The summed E-state index contributed by atoms with van der Waals surface area (Å²) in [5, 5.41) is 11.4. The van der Waals surface area contributed by atoms with Crippen LogP contribution in [0.3, 0.4) is 0 Å². The highest BCUT2D eigenvalue weighted by Crippen LogP contribution is 2.42. The Labute approximate surface area is 218 Å². The highest BCUT2D eigenvalue weighted by molar-refractivity contribution is 6.46. The van der Waals surface area contributed by atoms with Gasteiger partial charge >= 0.3 is 0 Å². The van der Waals surface area contributed by atoms with Gasteiger partial charge in [0.15, 0.2) is 11.5 Å². The van der Waals surface area contributed by atoms with Crippen LogP contribution in [0.2, 0.25) is 0 Å². The minimum atomic E-state index is -0.761. The fraction of sp³-hybridized carbons (Fsp3) is 0.448. The van der Waals surface area contributed by atoms with E-state index in [2.05, 4.69) is 0 Å². The number of rotatable bonds is 10. The predicted octanol–water partition coefficient (Wildman–Crippen LogP) is 4.18. The van der Waals surface area contributed by atoms with Crippen LogP contribution >= 0.6 is 0 Å². The van der Waals surface area contributed by atoms with E-state index >= 15 is 0 Å². The average molecular weight is 509 g/mol. The third kappa shape index (κ3) is 5.44. The predicted molar refractivity (Wildman–Crippen MR) is 141 cm³/mol. The maximum Gasteiger partial charge on any atom is 0.295 e. The molecule has 0 bridgehead atoms. The van der Waals surface area contributed by atoms with Gasteiger partial charge in [0, 0.05) is 25.1 Å². The molecule has 2 aromatic rings. The van der Waals surface area contributed by atoms with Crippen LogP contribution in [0.1, 0.15) is 49.9 Å². The number of Topliss-reactive ketones (excluding diaryl/α,β-unsaturated/α-hetero) is 1. The van der Waals surface area contributed by atoms with Crippen molar-refractivity contribution < 1.29 is 28.9 Å². The Morgan fingerprint density at radius 2 is 1.89 bits per heavy atom. The molecule has 2 aliphatic heterocycles. The van der Waals surface area contributed by atoms with Crippen molar-refractivity contribution in [3.8, 4) is 17.2 Å². The summed E-state index contributed by atoms with van der Waals surface area (Å²) in [4.78, 5) is 30.1. The molecule has 0 saturated carbocycles. The van der Waals surface area contributed by atoms with Gasteiger partial charge in [-0.2, -0.15) is 0 Å². The molecule has 8 nitrogen and oxygen atoms in total. The van der Waals surface area contributed by atoms with Crippen molar-refractivity contribution >= 4 is 17.4 Å². The molecule has 37 heavy (non-hydrogen) atoms. The number of likely N-dealkylation sites (tertiary alicyclic amines) is 1. The van der Waals surface area contributed by atoms with Gasteiger partial charge in [0.25, 0.3) is 11.7 Å². The SMILES string of the molecule is CCCOc1ccc([C@@H]2C(=C(O)c3ccc4c(c3)C[C@@H](C)O4)C(=O)C(=O)N2CCN(C)C)cc1OCC. The van der Waals surface area contributed by atoms with Crippen molar-refractivity contribution in [2.45, 2.75) is 45.8 Å². The number of benzene rings is 2. The number of ether oxygens (including phenoxy) is 3. The van der Waals surface area contributed by atoms with E-state index in [1.165, 1.54) is 4.90 Å². The summed E-state index contributed by atoms with van der Waals surface area (Å²) in [5.41, 5.74) is 2.19. The fourth-order valence-corrected chi connectivity index (χ4v) is 4.78. The summed E-state index contributed by atoms with van der Waals surface area (Å²) in [6.07, 6.45) is 1.62. The molecule has 0 radical (unpaired) electrons. The minimum absolute atomic E-state index is 0.0504. The fourth-order valence-electron chi connectivity index (χ4n) is 4.78. The van der Waals surface area contributed by atoms with Crippen molar-refractivity contribution in [1.82, 2.24) is 9.80 Å². The average Bonchev–Trinajstić information content (AvgIpc) is 3.36. The second-order valence-corrected chi connectivity index (χ2v) is 9.74. The zero-order valence-electron chi connectivity index (χ0n) is 22.2. The normalized spacial score (nSPS) is 20.3. The molecule has 0 aliphatic carbocycles. The molecule has 0 unspecified atom stereocenters. The van der Waals surface area contributed by atoms with Crippen LogP contribution in [0, 0.1) is 0 Å². The Morgan fingerprint density at radius 3 is 2.59 bits per heavy atom. The van der Waals surface area contributed by atoms with Gasteiger partial charge in [-0.05, 0) is 75.8 Å². The van der Waals surface area contributed by atoms with E-state index in [1.807, 2.05) is 51.9 Å². The molecule has 2 aromatic carbocycles. The van der Waals surface area contributed by atoms with Crippen LogP contribution in [-0.2, 0) is 16.0 Å². The first-order valence-corrected chi connectivity index (χ1v) is 12.9. The Bertz CT molecular complexity index is 1200. The molecule has 1 N–H and O–H groups in total. The number of carbonyl (C=O) groups is 2. The molecule has 2 aliphatic rings. The summed E-state index contributed by atoms with van der Waals surface area (Å²) >= 11 is 0. The highest BCUT2D eigenvalue weighted by Gasteiger charge is 2.46. The molecule has 1 fully saturated rings. The number of hydrogen-bond donors (Lipinski definition) is 1. The Balaban J connectivity index is 1.82. The molecule has 2 heterocycles. The van der Waals surface area contributed by atoms with Crippen molar-refractivity contribution in [2.24, 2.45) is 0 Å². The summed E-state index contributed by atoms with van der Waals surface area (Å²) in [6, 6.07) is 10.0. The second kappa shape index (κ2) is 11.3. The van der Waals surface area contributed by atoms with Crippen molar-refractivity contribution in [1.29, 1.82) is 0 Å². The summed E-state index contributed by atoms with van der Waals surface area (Å²) < 4.78 is 17.5. The Kier molecular flexibility index (Phi) is 8.07. The van der Waals surface area contributed by atoms with E-state index in [0.29, 0.717) is 55.4 Å². The molecular weight excluding hydrogens is 472 g/mol. The first-order valence-electron chi connectivity index (χ1n) is 12.9. The van der Waals surface area contributed by atoms with E-state index < -0.39 is 17.7 Å². The van der Waals surface area contributed by atoms with E-state index in [4.69, 9.17) is 14.2 Å². The van der Waals surface area contributed by atoms with Crippen molar-refractivity contribution in [2.75, 3.05) is 40.4 Å². The summed E-state index contributed by atoms with van der Waals surface area (Å²) in [5.74, 6) is 0.394. The van der Waals surface area contributed by atoms with Gasteiger partial charge in [-0.15, -0.1) is 0 Å².